The lowest BCUT2D eigenvalue weighted by atomic mass is 10.1. The van der Waals surface area contributed by atoms with Gasteiger partial charge in [0.1, 0.15) is 5.82 Å². The molecule has 1 aromatic rings. The van der Waals surface area contributed by atoms with Crippen molar-refractivity contribution in [2.24, 2.45) is 0 Å². The van der Waals surface area contributed by atoms with Crippen molar-refractivity contribution in [1.82, 2.24) is 4.98 Å². The van der Waals surface area contributed by atoms with Crippen LogP contribution < -0.4 is 5.32 Å². The number of aryl methyl sites for hydroxylation is 1. The summed E-state index contributed by atoms with van der Waals surface area (Å²) in [6.07, 6.45) is 1.38. The van der Waals surface area contributed by atoms with Crippen molar-refractivity contribution < 1.29 is 9.90 Å². The highest BCUT2D eigenvalue weighted by molar-refractivity contribution is 5.89. The molecule has 0 spiro atoms. The van der Waals surface area contributed by atoms with E-state index < -0.39 is 5.97 Å². The highest BCUT2D eigenvalue weighted by atomic mass is 16.4. The lowest BCUT2D eigenvalue weighted by molar-refractivity contribution is 0.0695. The third kappa shape index (κ3) is 3.23. The maximum Gasteiger partial charge on any atom is 0.337 e. The molecule has 0 aliphatic heterocycles. The molecule has 0 fully saturated rings. The Hall–Kier alpha value is -1.58. The van der Waals surface area contributed by atoms with Gasteiger partial charge in [-0.25, -0.2) is 9.78 Å². The van der Waals surface area contributed by atoms with Crippen LogP contribution in [0.3, 0.4) is 0 Å². The van der Waals surface area contributed by atoms with E-state index in [2.05, 4.69) is 10.3 Å². The number of carbonyl (C=O) groups is 1. The molecule has 1 heterocycles. The number of rotatable bonds is 2. The van der Waals surface area contributed by atoms with Crippen molar-refractivity contribution in [2.75, 3.05) is 5.32 Å². The number of carboxylic acids is 1. The maximum atomic E-state index is 10.8. The fourth-order valence-electron chi connectivity index (χ4n) is 1.23. The Balaban J connectivity index is 2.97. The van der Waals surface area contributed by atoms with Crippen LogP contribution in [0.2, 0.25) is 0 Å². The number of carboxylic acid groups (broad SMARTS) is 1. The van der Waals surface area contributed by atoms with Crippen molar-refractivity contribution in [3.05, 3.63) is 23.4 Å². The summed E-state index contributed by atoms with van der Waals surface area (Å²) < 4.78 is 0. The Morgan fingerprint density at radius 2 is 2.07 bits per heavy atom. The van der Waals surface area contributed by atoms with Gasteiger partial charge in [0.15, 0.2) is 0 Å². The van der Waals surface area contributed by atoms with E-state index in [-0.39, 0.29) is 11.1 Å². The maximum absolute atomic E-state index is 10.8. The second kappa shape index (κ2) is 3.88. The number of hydrogen-bond acceptors (Lipinski definition) is 3. The molecule has 0 radical (unpaired) electrons. The van der Waals surface area contributed by atoms with Crippen LogP contribution in [-0.2, 0) is 0 Å². The summed E-state index contributed by atoms with van der Waals surface area (Å²) in [5, 5.41) is 12.0. The first kappa shape index (κ1) is 11.5. The van der Waals surface area contributed by atoms with E-state index in [1.165, 1.54) is 6.20 Å². The molecule has 0 aliphatic carbocycles. The van der Waals surface area contributed by atoms with Crippen LogP contribution in [0.4, 0.5) is 5.82 Å². The van der Waals surface area contributed by atoms with Crippen molar-refractivity contribution in [3.63, 3.8) is 0 Å². The quantitative estimate of drug-likeness (QED) is 0.782. The second-order valence-corrected chi connectivity index (χ2v) is 4.56. The van der Waals surface area contributed by atoms with Gasteiger partial charge in [-0.15, -0.1) is 0 Å². The number of nitrogens with one attached hydrogen (secondary N) is 1. The van der Waals surface area contributed by atoms with E-state index in [1.54, 1.807) is 13.0 Å². The third-order valence-electron chi connectivity index (χ3n) is 1.84. The highest BCUT2D eigenvalue weighted by Crippen LogP contribution is 2.15. The summed E-state index contributed by atoms with van der Waals surface area (Å²) in [6, 6.07) is 1.74. The van der Waals surface area contributed by atoms with Crippen LogP contribution in [0.15, 0.2) is 12.3 Å². The first-order chi connectivity index (χ1) is 6.79. The molecule has 0 unspecified atom stereocenters. The van der Waals surface area contributed by atoms with E-state index >= 15 is 0 Å². The smallest absolute Gasteiger partial charge is 0.337 e. The molecule has 4 nitrogen and oxygen atoms in total. The third-order valence-corrected chi connectivity index (χ3v) is 1.84. The van der Waals surface area contributed by atoms with Crippen molar-refractivity contribution in [1.29, 1.82) is 0 Å². The zero-order valence-corrected chi connectivity index (χ0v) is 9.46. The SMILES string of the molecule is Cc1cc(NC(C)(C)C)ncc1C(=O)O. The normalized spacial score (nSPS) is 11.2. The van der Waals surface area contributed by atoms with Crippen molar-refractivity contribution >= 4 is 11.8 Å². The van der Waals surface area contributed by atoms with Gasteiger partial charge in [0.05, 0.1) is 5.56 Å². The van der Waals surface area contributed by atoms with Crippen LogP contribution in [0.5, 0.6) is 0 Å². The van der Waals surface area contributed by atoms with Gasteiger partial charge < -0.3 is 10.4 Å². The standard InChI is InChI=1S/C11H16N2O2/c1-7-5-9(13-11(2,3)4)12-6-8(7)10(14)15/h5-6H,1-4H3,(H,12,13)(H,14,15). The van der Waals surface area contributed by atoms with Crippen LogP contribution >= 0.6 is 0 Å². The molecule has 15 heavy (non-hydrogen) atoms. The van der Waals surface area contributed by atoms with E-state index in [0.717, 1.165) is 0 Å². The molecular formula is C11H16N2O2. The minimum absolute atomic E-state index is 0.0792. The Kier molecular flexibility index (Phi) is 2.98. The van der Waals surface area contributed by atoms with Crippen LogP contribution in [0.1, 0.15) is 36.7 Å². The van der Waals surface area contributed by atoms with E-state index in [0.29, 0.717) is 11.4 Å². The number of aromatic carboxylic acids is 1. The first-order valence-corrected chi connectivity index (χ1v) is 4.78. The molecule has 2 N–H and O–H groups in total. The van der Waals surface area contributed by atoms with Crippen LogP contribution in [0.25, 0.3) is 0 Å². The summed E-state index contributed by atoms with van der Waals surface area (Å²) >= 11 is 0. The summed E-state index contributed by atoms with van der Waals surface area (Å²) in [5.41, 5.74) is 0.878. The number of nitrogens with zero attached hydrogens (tertiary/aromatic N) is 1. The Morgan fingerprint density at radius 1 is 1.47 bits per heavy atom. The highest BCUT2D eigenvalue weighted by Gasteiger charge is 2.12. The Bertz CT molecular complexity index is 381. The lowest BCUT2D eigenvalue weighted by Crippen LogP contribution is -2.26. The number of aromatic nitrogens is 1. The largest absolute Gasteiger partial charge is 0.478 e. The Labute approximate surface area is 89.3 Å². The molecule has 0 saturated heterocycles. The molecule has 82 valence electrons. The average molecular weight is 208 g/mol. The summed E-state index contributed by atoms with van der Waals surface area (Å²) in [7, 11) is 0. The number of hydrogen-bond donors (Lipinski definition) is 2. The molecule has 0 aliphatic rings. The summed E-state index contributed by atoms with van der Waals surface area (Å²) in [5.74, 6) is -0.243. The summed E-state index contributed by atoms with van der Waals surface area (Å²) in [6.45, 7) is 7.83. The Morgan fingerprint density at radius 3 is 2.47 bits per heavy atom. The van der Waals surface area contributed by atoms with Gasteiger partial charge in [-0.3, -0.25) is 0 Å². The van der Waals surface area contributed by atoms with E-state index in [1.807, 2.05) is 20.8 Å². The second-order valence-electron chi connectivity index (χ2n) is 4.56. The van der Waals surface area contributed by atoms with Gasteiger partial charge in [0.25, 0.3) is 0 Å². The topological polar surface area (TPSA) is 62.2 Å². The lowest BCUT2D eigenvalue weighted by Gasteiger charge is -2.21. The first-order valence-electron chi connectivity index (χ1n) is 4.78. The van der Waals surface area contributed by atoms with E-state index in [4.69, 9.17) is 5.11 Å². The minimum atomic E-state index is -0.942. The predicted octanol–water partition coefficient (Wildman–Crippen LogP) is 2.30. The molecule has 0 aromatic carbocycles. The average Bonchev–Trinajstić information content (AvgIpc) is 1.99. The zero-order chi connectivity index (χ0) is 11.6. The predicted molar refractivity (Wildman–Crippen MR) is 59.3 cm³/mol. The molecule has 0 saturated carbocycles. The molecule has 0 bridgehead atoms. The van der Waals surface area contributed by atoms with E-state index in [9.17, 15) is 4.79 Å². The van der Waals surface area contributed by atoms with Crippen LogP contribution in [0, 0.1) is 6.92 Å². The fraction of sp³-hybridized carbons (Fsp3) is 0.455. The summed E-state index contributed by atoms with van der Waals surface area (Å²) in [4.78, 5) is 14.8. The van der Waals surface area contributed by atoms with Gasteiger partial charge in [-0.2, -0.15) is 0 Å². The molecule has 0 amide bonds. The van der Waals surface area contributed by atoms with Gasteiger partial charge in [0.2, 0.25) is 0 Å². The number of pyridine rings is 1. The van der Waals surface area contributed by atoms with Crippen molar-refractivity contribution in [2.45, 2.75) is 33.2 Å². The monoisotopic (exact) mass is 208 g/mol. The number of anilines is 1. The molecule has 4 heteroatoms. The molecule has 1 rings (SSSR count). The fourth-order valence-corrected chi connectivity index (χ4v) is 1.23. The van der Waals surface area contributed by atoms with Gasteiger partial charge >= 0.3 is 5.97 Å². The van der Waals surface area contributed by atoms with Gasteiger partial charge in [-0.05, 0) is 39.3 Å². The van der Waals surface area contributed by atoms with Crippen molar-refractivity contribution in [3.8, 4) is 0 Å². The molecular weight excluding hydrogens is 192 g/mol. The van der Waals surface area contributed by atoms with Gasteiger partial charge in [-0.1, -0.05) is 0 Å². The van der Waals surface area contributed by atoms with Gasteiger partial charge in [0, 0.05) is 11.7 Å². The molecule has 0 atom stereocenters. The molecule has 1 aromatic heterocycles. The zero-order valence-electron chi connectivity index (χ0n) is 9.46. The minimum Gasteiger partial charge on any atom is -0.478 e. The van der Waals surface area contributed by atoms with Crippen LogP contribution in [-0.4, -0.2) is 21.6 Å².